The van der Waals surface area contributed by atoms with Crippen LogP contribution in [0, 0.1) is 6.92 Å². The van der Waals surface area contributed by atoms with Gasteiger partial charge in [0, 0.05) is 13.1 Å². The zero-order valence-electron chi connectivity index (χ0n) is 20.2. The third kappa shape index (κ3) is 7.36. The first-order chi connectivity index (χ1) is 16.0. The Hall–Kier alpha value is -2.78. The summed E-state index contributed by atoms with van der Waals surface area (Å²) in [6.45, 7) is 5.67. The summed E-state index contributed by atoms with van der Waals surface area (Å²) in [4.78, 5) is 27.5. The summed E-state index contributed by atoms with van der Waals surface area (Å²) in [6, 6.07) is 11.3. The third-order valence-electron chi connectivity index (χ3n) is 5.29. The molecule has 186 valence electrons. The summed E-state index contributed by atoms with van der Waals surface area (Å²) in [5, 5.41) is 3.01. The fourth-order valence-corrected chi connectivity index (χ4v) is 4.39. The van der Waals surface area contributed by atoms with Gasteiger partial charge in [-0.05, 0) is 44.0 Å². The fourth-order valence-electron chi connectivity index (χ4n) is 3.29. The largest absolute Gasteiger partial charge is 0.495 e. The number of carbonyl (C=O) groups excluding carboxylic acids is 2. The van der Waals surface area contributed by atoms with Gasteiger partial charge in [0.2, 0.25) is 21.8 Å². The highest BCUT2D eigenvalue weighted by Crippen LogP contribution is 2.30. The summed E-state index contributed by atoms with van der Waals surface area (Å²) in [7, 11) is -2.38. The molecule has 0 spiro atoms. The van der Waals surface area contributed by atoms with Gasteiger partial charge in [-0.15, -0.1) is 0 Å². The molecule has 2 rings (SSSR count). The van der Waals surface area contributed by atoms with E-state index in [1.807, 2.05) is 38.1 Å². The first-order valence-electron chi connectivity index (χ1n) is 10.9. The summed E-state index contributed by atoms with van der Waals surface area (Å²) in [6.07, 6.45) is 1.77. The fraction of sp³-hybridized carbons (Fsp3) is 0.417. The smallest absolute Gasteiger partial charge is 0.244 e. The van der Waals surface area contributed by atoms with Crippen molar-refractivity contribution in [2.75, 3.05) is 30.8 Å². The number of amides is 2. The minimum atomic E-state index is -3.84. The molecule has 0 saturated carbocycles. The molecule has 0 aliphatic heterocycles. The number of rotatable bonds is 11. The van der Waals surface area contributed by atoms with E-state index in [2.05, 4.69) is 5.32 Å². The molecule has 1 N–H and O–H groups in total. The highest BCUT2D eigenvalue weighted by molar-refractivity contribution is 7.92. The molecule has 2 aromatic carbocycles. The van der Waals surface area contributed by atoms with Gasteiger partial charge >= 0.3 is 0 Å². The van der Waals surface area contributed by atoms with Gasteiger partial charge < -0.3 is 15.0 Å². The number of nitrogens with one attached hydrogen (secondary N) is 1. The molecule has 8 nitrogen and oxygen atoms in total. The lowest BCUT2D eigenvalue weighted by Crippen LogP contribution is -2.51. The van der Waals surface area contributed by atoms with Gasteiger partial charge in [-0.2, -0.15) is 0 Å². The number of aryl methyl sites for hydroxylation is 1. The van der Waals surface area contributed by atoms with Crippen molar-refractivity contribution in [2.45, 2.75) is 39.8 Å². The summed E-state index contributed by atoms with van der Waals surface area (Å²) >= 11 is 6.19. The molecule has 0 unspecified atom stereocenters. The second-order valence-corrected chi connectivity index (χ2v) is 10.4. The zero-order valence-corrected chi connectivity index (χ0v) is 21.7. The molecule has 10 heteroatoms. The van der Waals surface area contributed by atoms with E-state index in [0.29, 0.717) is 12.3 Å². The van der Waals surface area contributed by atoms with Gasteiger partial charge in [0.1, 0.15) is 18.3 Å². The average Bonchev–Trinajstić information content (AvgIpc) is 2.79. The quantitative estimate of drug-likeness (QED) is 0.501. The number of benzene rings is 2. The van der Waals surface area contributed by atoms with Crippen LogP contribution in [0.2, 0.25) is 5.02 Å². The molecule has 2 aromatic rings. The van der Waals surface area contributed by atoms with Crippen molar-refractivity contribution in [3.05, 3.63) is 58.6 Å². The number of sulfonamides is 1. The standard InChI is InChI=1S/C24H32ClN3O5S/c1-6-13-26-24(30)18(3)27(15-19-9-7-17(2)8-10-19)23(29)16-28(34(5,31)32)20-11-12-22(33-4)21(25)14-20/h7-12,14,18H,6,13,15-16H2,1-5H3,(H,26,30)/t18-/m0/s1. The maximum Gasteiger partial charge on any atom is 0.244 e. The van der Waals surface area contributed by atoms with Gasteiger partial charge in [0.05, 0.1) is 24.1 Å². The maximum absolute atomic E-state index is 13.5. The van der Waals surface area contributed by atoms with Crippen LogP contribution < -0.4 is 14.4 Å². The molecule has 0 aromatic heterocycles. The van der Waals surface area contributed by atoms with E-state index in [1.165, 1.54) is 30.2 Å². The second-order valence-electron chi connectivity index (χ2n) is 8.06. The topological polar surface area (TPSA) is 96.0 Å². The van der Waals surface area contributed by atoms with Crippen molar-refractivity contribution in [3.8, 4) is 5.75 Å². The van der Waals surface area contributed by atoms with Crippen LogP contribution >= 0.6 is 11.6 Å². The Labute approximate surface area is 206 Å². The number of halogens is 1. The zero-order chi connectivity index (χ0) is 25.5. The monoisotopic (exact) mass is 509 g/mol. The van der Waals surface area contributed by atoms with Crippen molar-refractivity contribution >= 4 is 39.1 Å². The number of anilines is 1. The van der Waals surface area contributed by atoms with Crippen LogP contribution in [0.5, 0.6) is 5.75 Å². The highest BCUT2D eigenvalue weighted by atomic mass is 35.5. The Kier molecular flexibility index (Phi) is 9.76. The maximum atomic E-state index is 13.5. The first-order valence-corrected chi connectivity index (χ1v) is 13.1. The highest BCUT2D eigenvalue weighted by Gasteiger charge is 2.30. The Bertz CT molecular complexity index is 1110. The van der Waals surface area contributed by atoms with Gasteiger partial charge in [0.15, 0.2) is 0 Å². The lowest BCUT2D eigenvalue weighted by molar-refractivity contribution is -0.139. The van der Waals surface area contributed by atoms with Crippen LogP contribution in [0.25, 0.3) is 0 Å². The van der Waals surface area contributed by atoms with Crippen LogP contribution in [-0.4, -0.2) is 57.6 Å². The van der Waals surface area contributed by atoms with Crippen LogP contribution in [0.3, 0.4) is 0 Å². The minimum absolute atomic E-state index is 0.154. The number of nitrogens with zero attached hydrogens (tertiary/aromatic N) is 2. The molecule has 1 atom stereocenters. The van der Waals surface area contributed by atoms with Crippen molar-refractivity contribution in [2.24, 2.45) is 0 Å². The van der Waals surface area contributed by atoms with Gasteiger partial charge in [0.25, 0.3) is 0 Å². The lowest BCUT2D eigenvalue weighted by atomic mass is 10.1. The third-order valence-corrected chi connectivity index (χ3v) is 6.73. The van der Waals surface area contributed by atoms with Gasteiger partial charge in [-0.25, -0.2) is 8.42 Å². The van der Waals surface area contributed by atoms with E-state index in [-0.39, 0.29) is 23.2 Å². The van der Waals surface area contributed by atoms with E-state index in [1.54, 1.807) is 6.92 Å². The molecule has 0 bridgehead atoms. The molecule has 0 aliphatic rings. The Morgan fingerprint density at radius 2 is 1.79 bits per heavy atom. The normalized spacial score (nSPS) is 12.1. The Balaban J connectivity index is 2.38. The van der Waals surface area contributed by atoms with Crippen molar-refractivity contribution < 1.29 is 22.7 Å². The molecule has 0 heterocycles. The van der Waals surface area contributed by atoms with E-state index < -0.39 is 28.5 Å². The first kappa shape index (κ1) is 27.5. The number of hydrogen-bond donors (Lipinski definition) is 1. The molecule has 0 fully saturated rings. The van der Waals surface area contributed by atoms with Crippen LogP contribution in [0.15, 0.2) is 42.5 Å². The van der Waals surface area contributed by atoms with Crippen LogP contribution in [0.4, 0.5) is 5.69 Å². The van der Waals surface area contributed by atoms with E-state index in [9.17, 15) is 18.0 Å². The molecule has 0 saturated heterocycles. The predicted molar refractivity (Wildman–Crippen MR) is 135 cm³/mol. The molecular formula is C24H32ClN3O5S. The van der Waals surface area contributed by atoms with E-state index >= 15 is 0 Å². The molecule has 2 amide bonds. The Morgan fingerprint density at radius 1 is 1.15 bits per heavy atom. The number of ether oxygens (including phenoxy) is 1. The summed E-state index contributed by atoms with van der Waals surface area (Å²) in [5.74, 6) is -0.440. The minimum Gasteiger partial charge on any atom is -0.495 e. The van der Waals surface area contributed by atoms with E-state index in [0.717, 1.165) is 28.1 Å². The van der Waals surface area contributed by atoms with Gasteiger partial charge in [-0.3, -0.25) is 13.9 Å². The number of methoxy groups -OCH3 is 1. The van der Waals surface area contributed by atoms with Crippen molar-refractivity contribution in [3.63, 3.8) is 0 Å². The van der Waals surface area contributed by atoms with E-state index in [4.69, 9.17) is 16.3 Å². The summed E-state index contributed by atoms with van der Waals surface area (Å²) < 4.78 is 31.3. The molecule has 0 aliphatic carbocycles. The van der Waals surface area contributed by atoms with Crippen molar-refractivity contribution in [1.29, 1.82) is 0 Å². The summed E-state index contributed by atoms with van der Waals surface area (Å²) in [5.41, 5.74) is 2.11. The molecule has 0 radical (unpaired) electrons. The molecular weight excluding hydrogens is 478 g/mol. The average molecular weight is 510 g/mol. The van der Waals surface area contributed by atoms with Crippen LogP contribution in [0.1, 0.15) is 31.4 Å². The number of carbonyl (C=O) groups is 2. The predicted octanol–water partition coefficient (Wildman–Crippen LogP) is 3.37. The van der Waals surface area contributed by atoms with Gasteiger partial charge in [-0.1, -0.05) is 48.4 Å². The molecule has 34 heavy (non-hydrogen) atoms. The Morgan fingerprint density at radius 3 is 2.32 bits per heavy atom. The lowest BCUT2D eigenvalue weighted by Gasteiger charge is -2.31. The van der Waals surface area contributed by atoms with Crippen molar-refractivity contribution in [1.82, 2.24) is 10.2 Å². The SMILES string of the molecule is CCCNC(=O)[C@H](C)N(Cc1ccc(C)cc1)C(=O)CN(c1ccc(OC)c(Cl)c1)S(C)(=O)=O. The second kappa shape index (κ2) is 12.1. The van der Waals surface area contributed by atoms with Crippen LogP contribution in [-0.2, 0) is 26.2 Å². The number of hydrogen-bond acceptors (Lipinski definition) is 5.